The molecule has 28 heavy (non-hydrogen) atoms. The molecule has 0 saturated heterocycles. The number of hydrazine groups is 1. The van der Waals surface area contributed by atoms with Crippen LogP contribution < -0.4 is 21.9 Å². The molecule has 8 nitrogen and oxygen atoms in total. The van der Waals surface area contributed by atoms with Crippen molar-refractivity contribution in [1.29, 1.82) is 0 Å². The summed E-state index contributed by atoms with van der Waals surface area (Å²) in [5, 5.41) is 5.28. The van der Waals surface area contributed by atoms with Crippen LogP contribution in [0.1, 0.15) is 46.1 Å². The first-order valence-corrected chi connectivity index (χ1v) is 9.51. The molecule has 0 aliphatic rings. The summed E-state index contributed by atoms with van der Waals surface area (Å²) >= 11 is 0. The Bertz CT molecular complexity index is 634. The normalized spacial score (nSPS) is 13.0. The molecule has 0 aromatic heterocycles. The van der Waals surface area contributed by atoms with E-state index in [-0.39, 0.29) is 18.4 Å². The van der Waals surface area contributed by atoms with E-state index in [0.29, 0.717) is 12.8 Å². The van der Waals surface area contributed by atoms with Crippen molar-refractivity contribution in [3.8, 4) is 0 Å². The number of alkyl carbamates (subject to hydrolysis) is 1. The van der Waals surface area contributed by atoms with Crippen molar-refractivity contribution in [2.24, 2.45) is 17.7 Å². The molecule has 8 heteroatoms. The molecule has 0 fully saturated rings. The molecule has 0 saturated carbocycles. The van der Waals surface area contributed by atoms with Crippen molar-refractivity contribution >= 4 is 17.9 Å². The second-order valence-corrected chi connectivity index (χ2v) is 7.59. The number of nitrogens with one attached hydrogen (secondary N) is 3. The van der Waals surface area contributed by atoms with Crippen LogP contribution in [0.2, 0.25) is 0 Å². The van der Waals surface area contributed by atoms with Crippen molar-refractivity contribution < 1.29 is 19.1 Å². The lowest BCUT2D eigenvalue weighted by Crippen LogP contribution is -2.55. The summed E-state index contributed by atoms with van der Waals surface area (Å²) in [5.74, 6) is 4.62. The van der Waals surface area contributed by atoms with Crippen LogP contribution in [-0.4, -0.2) is 30.0 Å². The fourth-order valence-electron chi connectivity index (χ4n) is 2.69. The van der Waals surface area contributed by atoms with Crippen molar-refractivity contribution in [1.82, 2.24) is 16.1 Å². The number of nitrogens with two attached hydrogens (primary N) is 1. The molecule has 0 bridgehead atoms. The number of hydrogen-bond donors (Lipinski definition) is 4. The van der Waals surface area contributed by atoms with Gasteiger partial charge >= 0.3 is 6.09 Å². The zero-order valence-electron chi connectivity index (χ0n) is 17.0. The smallest absolute Gasteiger partial charge is 0.408 e. The predicted molar refractivity (Wildman–Crippen MR) is 107 cm³/mol. The maximum Gasteiger partial charge on any atom is 0.408 e. The van der Waals surface area contributed by atoms with Gasteiger partial charge in [-0.1, -0.05) is 58.0 Å². The topological polar surface area (TPSA) is 123 Å². The number of rotatable bonds is 10. The Balaban J connectivity index is 2.72. The van der Waals surface area contributed by atoms with E-state index in [9.17, 15) is 14.4 Å². The second-order valence-electron chi connectivity index (χ2n) is 7.59. The molecule has 0 aliphatic heterocycles. The minimum Gasteiger partial charge on any atom is -0.445 e. The van der Waals surface area contributed by atoms with E-state index >= 15 is 0 Å². The first kappa shape index (κ1) is 23.4. The Morgan fingerprint density at radius 3 is 1.93 bits per heavy atom. The van der Waals surface area contributed by atoms with Gasteiger partial charge in [0.2, 0.25) is 5.91 Å². The Morgan fingerprint density at radius 1 is 0.893 bits per heavy atom. The average molecular weight is 393 g/mol. The second kappa shape index (κ2) is 12.0. The molecule has 0 aliphatic carbocycles. The Morgan fingerprint density at radius 2 is 1.43 bits per heavy atom. The summed E-state index contributed by atoms with van der Waals surface area (Å²) < 4.78 is 5.20. The van der Waals surface area contributed by atoms with Gasteiger partial charge in [0.25, 0.3) is 5.91 Å². The highest BCUT2D eigenvalue weighted by molar-refractivity contribution is 5.91. The van der Waals surface area contributed by atoms with Gasteiger partial charge in [-0.25, -0.2) is 10.6 Å². The average Bonchev–Trinajstić information content (AvgIpc) is 2.64. The Labute approximate surface area is 166 Å². The van der Waals surface area contributed by atoms with E-state index in [1.165, 1.54) is 0 Å². The molecule has 0 spiro atoms. The van der Waals surface area contributed by atoms with E-state index < -0.39 is 30.0 Å². The zero-order valence-corrected chi connectivity index (χ0v) is 17.0. The van der Waals surface area contributed by atoms with E-state index in [1.807, 2.05) is 58.0 Å². The molecule has 1 aromatic carbocycles. The van der Waals surface area contributed by atoms with Crippen LogP contribution in [0.15, 0.2) is 30.3 Å². The van der Waals surface area contributed by atoms with Gasteiger partial charge in [0.15, 0.2) is 0 Å². The van der Waals surface area contributed by atoms with Gasteiger partial charge in [0.1, 0.15) is 18.7 Å². The molecule has 2 atom stereocenters. The van der Waals surface area contributed by atoms with Gasteiger partial charge in [-0.15, -0.1) is 0 Å². The molecule has 156 valence electrons. The van der Waals surface area contributed by atoms with Crippen LogP contribution in [0.4, 0.5) is 4.79 Å². The quantitative estimate of drug-likeness (QED) is 0.275. The lowest BCUT2D eigenvalue weighted by atomic mass is 10.0. The molecule has 0 unspecified atom stereocenters. The number of carbonyl (C=O) groups is 3. The fraction of sp³-hybridized carbons (Fsp3) is 0.550. The molecule has 0 radical (unpaired) electrons. The molecular formula is C20H32N4O4. The van der Waals surface area contributed by atoms with Crippen LogP contribution in [-0.2, 0) is 20.9 Å². The summed E-state index contributed by atoms with van der Waals surface area (Å²) in [6, 6.07) is 7.67. The number of amides is 3. The first-order chi connectivity index (χ1) is 13.2. The number of ether oxygens (including phenoxy) is 1. The highest BCUT2D eigenvalue weighted by Gasteiger charge is 2.28. The summed E-state index contributed by atoms with van der Waals surface area (Å²) in [5.41, 5.74) is 2.92. The van der Waals surface area contributed by atoms with E-state index in [2.05, 4.69) is 16.1 Å². The third kappa shape index (κ3) is 8.85. The van der Waals surface area contributed by atoms with Crippen molar-refractivity contribution in [3.63, 3.8) is 0 Å². The standard InChI is InChI=1S/C20H32N4O4/c1-13(2)10-16(18(25)22-17(11-14(3)4)19(26)24-21)23-20(27)28-12-15-8-6-5-7-9-15/h5-9,13-14,16-17H,10-12,21H2,1-4H3,(H,22,25)(H,23,27)(H,24,26)/t16-,17-/m0/s1. The molecule has 1 aromatic rings. The maximum atomic E-state index is 12.7. The van der Waals surface area contributed by atoms with Gasteiger partial charge in [0.05, 0.1) is 0 Å². The van der Waals surface area contributed by atoms with Gasteiger partial charge in [-0.2, -0.15) is 0 Å². The summed E-state index contributed by atoms with van der Waals surface area (Å²) in [6.45, 7) is 7.86. The largest absolute Gasteiger partial charge is 0.445 e. The minimum absolute atomic E-state index is 0.105. The van der Waals surface area contributed by atoms with E-state index in [4.69, 9.17) is 10.6 Å². The minimum atomic E-state index is -0.816. The monoisotopic (exact) mass is 392 g/mol. The Hall–Kier alpha value is -2.61. The zero-order chi connectivity index (χ0) is 21.1. The van der Waals surface area contributed by atoms with E-state index in [1.54, 1.807) is 0 Å². The van der Waals surface area contributed by atoms with Crippen LogP contribution in [0.5, 0.6) is 0 Å². The number of carbonyl (C=O) groups excluding carboxylic acids is 3. The van der Waals surface area contributed by atoms with Crippen LogP contribution in [0.3, 0.4) is 0 Å². The van der Waals surface area contributed by atoms with Crippen LogP contribution in [0, 0.1) is 11.8 Å². The fourth-order valence-corrected chi connectivity index (χ4v) is 2.69. The Kier molecular flexibility index (Phi) is 10.0. The predicted octanol–water partition coefficient (Wildman–Crippen LogP) is 1.85. The van der Waals surface area contributed by atoms with Gasteiger partial charge in [-0.05, 0) is 30.2 Å². The first-order valence-electron chi connectivity index (χ1n) is 9.51. The van der Waals surface area contributed by atoms with Crippen LogP contribution >= 0.6 is 0 Å². The van der Waals surface area contributed by atoms with Gasteiger partial charge < -0.3 is 15.4 Å². The summed E-state index contributed by atoms with van der Waals surface area (Å²) in [7, 11) is 0. The molecule has 1 rings (SSSR count). The molecular weight excluding hydrogens is 360 g/mol. The third-order valence-corrected chi connectivity index (χ3v) is 4.01. The van der Waals surface area contributed by atoms with E-state index in [0.717, 1.165) is 5.56 Å². The lowest BCUT2D eigenvalue weighted by Gasteiger charge is -2.24. The SMILES string of the molecule is CC(C)C[C@H](NC(=O)OCc1ccccc1)C(=O)N[C@@H](CC(C)C)C(=O)NN. The maximum absolute atomic E-state index is 12.7. The summed E-state index contributed by atoms with van der Waals surface area (Å²) in [4.78, 5) is 36.8. The van der Waals surface area contributed by atoms with Crippen molar-refractivity contribution in [3.05, 3.63) is 35.9 Å². The van der Waals surface area contributed by atoms with Crippen molar-refractivity contribution in [2.45, 2.75) is 59.2 Å². The van der Waals surface area contributed by atoms with Gasteiger partial charge in [-0.3, -0.25) is 15.0 Å². The molecule has 0 heterocycles. The van der Waals surface area contributed by atoms with Gasteiger partial charge in [0, 0.05) is 0 Å². The van der Waals surface area contributed by atoms with Crippen molar-refractivity contribution in [2.75, 3.05) is 0 Å². The molecule has 3 amide bonds. The lowest BCUT2D eigenvalue weighted by molar-refractivity contribution is -0.130. The number of hydrogen-bond acceptors (Lipinski definition) is 5. The highest BCUT2D eigenvalue weighted by Crippen LogP contribution is 2.09. The van der Waals surface area contributed by atoms with Crippen LogP contribution in [0.25, 0.3) is 0 Å². The molecule has 5 N–H and O–H groups in total. The number of benzene rings is 1. The highest BCUT2D eigenvalue weighted by atomic mass is 16.5. The third-order valence-electron chi connectivity index (χ3n) is 4.01. The summed E-state index contributed by atoms with van der Waals surface area (Å²) in [6.07, 6.45) is 0.153.